The fourth-order valence-electron chi connectivity index (χ4n) is 2.47. The van der Waals surface area contributed by atoms with Crippen LogP contribution in [0.2, 0.25) is 0 Å². The van der Waals surface area contributed by atoms with Crippen molar-refractivity contribution in [1.82, 2.24) is 0 Å². The summed E-state index contributed by atoms with van der Waals surface area (Å²) in [6, 6.07) is 13.8. The number of hydrogen-bond donors (Lipinski definition) is 1. The Hall–Kier alpha value is -2.60. The maximum atomic E-state index is 11.4. The molecule has 3 heteroatoms. The van der Waals surface area contributed by atoms with E-state index in [9.17, 15) is 4.79 Å². The van der Waals surface area contributed by atoms with Crippen LogP contribution in [0.15, 0.2) is 36.4 Å². The first-order chi connectivity index (χ1) is 9.19. The van der Waals surface area contributed by atoms with Crippen molar-refractivity contribution in [3.63, 3.8) is 0 Å². The third kappa shape index (κ3) is 1.88. The molecule has 1 aliphatic rings. The molecule has 0 saturated heterocycles. The van der Waals surface area contributed by atoms with Gasteiger partial charge in [0.15, 0.2) is 0 Å². The van der Waals surface area contributed by atoms with Gasteiger partial charge in [0.2, 0.25) is 5.91 Å². The average Bonchev–Trinajstić information content (AvgIpc) is 2.78. The smallest absolute Gasteiger partial charge is 0.228 e. The van der Waals surface area contributed by atoms with Gasteiger partial charge in [0.25, 0.3) is 0 Å². The first-order valence-electron chi connectivity index (χ1n) is 6.12. The number of hydrogen-bond acceptors (Lipinski definition) is 2. The molecule has 3 rings (SSSR count). The summed E-state index contributed by atoms with van der Waals surface area (Å²) in [4.78, 5) is 11.4. The lowest BCUT2D eigenvalue weighted by Crippen LogP contribution is -2.03. The Kier molecular flexibility index (Phi) is 2.57. The van der Waals surface area contributed by atoms with Gasteiger partial charge in [-0.1, -0.05) is 18.2 Å². The maximum Gasteiger partial charge on any atom is 0.228 e. The molecule has 0 spiro atoms. The van der Waals surface area contributed by atoms with E-state index in [2.05, 4.69) is 11.4 Å². The molecule has 0 aliphatic carbocycles. The number of nitrogens with one attached hydrogen (secondary N) is 1. The zero-order chi connectivity index (χ0) is 13.4. The molecule has 1 heterocycles. The Morgan fingerprint density at radius 1 is 1.26 bits per heavy atom. The molecule has 0 unspecified atom stereocenters. The van der Waals surface area contributed by atoms with Gasteiger partial charge in [0, 0.05) is 5.69 Å². The standard InChI is InChI=1S/C16H12N2O/c1-10-12(9-17)3-2-4-14(10)11-5-6-15-13(7-11)8-16(19)18-15/h2-7H,8H2,1H3,(H,18,19). The molecule has 0 aromatic heterocycles. The number of anilines is 1. The van der Waals surface area contributed by atoms with Crippen LogP contribution < -0.4 is 5.32 Å². The molecule has 1 N–H and O–H groups in total. The molecule has 1 amide bonds. The summed E-state index contributed by atoms with van der Waals surface area (Å²) in [5, 5.41) is 11.9. The molecule has 0 fully saturated rings. The zero-order valence-corrected chi connectivity index (χ0v) is 10.5. The van der Waals surface area contributed by atoms with Crippen LogP contribution in [0.1, 0.15) is 16.7 Å². The minimum Gasteiger partial charge on any atom is -0.326 e. The Morgan fingerprint density at radius 3 is 2.89 bits per heavy atom. The lowest BCUT2D eigenvalue weighted by molar-refractivity contribution is -0.115. The Labute approximate surface area is 111 Å². The van der Waals surface area contributed by atoms with Crippen molar-refractivity contribution in [2.75, 3.05) is 5.32 Å². The summed E-state index contributed by atoms with van der Waals surface area (Å²) in [6.45, 7) is 1.95. The average molecular weight is 248 g/mol. The molecule has 1 aliphatic heterocycles. The third-order valence-electron chi connectivity index (χ3n) is 3.50. The largest absolute Gasteiger partial charge is 0.326 e. The Bertz CT molecular complexity index is 726. The van der Waals surface area contributed by atoms with Crippen LogP contribution in [0.3, 0.4) is 0 Å². The van der Waals surface area contributed by atoms with E-state index >= 15 is 0 Å². The minimum absolute atomic E-state index is 0.0367. The highest BCUT2D eigenvalue weighted by Crippen LogP contribution is 2.31. The van der Waals surface area contributed by atoms with E-state index < -0.39 is 0 Å². The number of nitriles is 1. The quantitative estimate of drug-likeness (QED) is 0.843. The highest BCUT2D eigenvalue weighted by atomic mass is 16.1. The minimum atomic E-state index is 0.0367. The number of fused-ring (bicyclic) bond motifs is 1. The lowest BCUT2D eigenvalue weighted by atomic mass is 9.95. The van der Waals surface area contributed by atoms with Gasteiger partial charge in [-0.3, -0.25) is 4.79 Å². The Morgan fingerprint density at radius 2 is 2.11 bits per heavy atom. The molecular weight excluding hydrogens is 236 g/mol. The van der Waals surface area contributed by atoms with Crippen molar-refractivity contribution in [3.8, 4) is 17.2 Å². The lowest BCUT2D eigenvalue weighted by Gasteiger charge is -2.09. The van der Waals surface area contributed by atoms with Gasteiger partial charge in [0.05, 0.1) is 18.1 Å². The molecule has 92 valence electrons. The molecule has 0 atom stereocenters. The van der Waals surface area contributed by atoms with E-state index in [1.165, 1.54) is 0 Å². The van der Waals surface area contributed by atoms with Crippen LogP contribution in [0.5, 0.6) is 0 Å². The monoisotopic (exact) mass is 248 g/mol. The van der Waals surface area contributed by atoms with E-state index in [1.54, 1.807) is 0 Å². The molecule has 0 radical (unpaired) electrons. The second-order valence-corrected chi connectivity index (χ2v) is 4.69. The van der Waals surface area contributed by atoms with Crippen molar-refractivity contribution in [3.05, 3.63) is 53.1 Å². The van der Waals surface area contributed by atoms with Gasteiger partial charge < -0.3 is 5.32 Å². The molecule has 0 saturated carbocycles. The van der Waals surface area contributed by atoms with Gasteiger partial charge in [-0.15, -0.1) is 0 Å². The highest BCUT2D eigenvalue weighted by Gasteiger charge is 2.18. The van der Waals surface area contributed by atoms with Gasteiger partial charge in [-0.25, -0.2) is 0 Å². The number of rotatable bonds is 1. The van der Waals surface area contributed by atoms with E-state index in [0.29, 0.717) is 12.0 Å². The van der Waals surface area contributed by atoms with Crippen LogP contribution >= 0.6 is 0 Å². The predicted molar refractivity (Wildman–Crippen MR) is 73.7 cm³/mol. The van der Waals surface area contributed by atoms with Crippen molar-refractivity contribution in [2.45, 2.75) is 13.3 Å². The van der Waals surface area contributed by atoms with Crippen LogP contribution in [0, 0.1) is 18.3 Å². The maximum absolute atomic E-state index is 11.4. The van der Waals surface area contributed by atoms with Crippen LogP contribution in [-0.4, -0.2) is 5.91 Å². The second-order valence-electron chi connectivity index (χ2n) is 4.69. The van der Waals surface area contributed by atoms with E-state index in [1.807, 2.05) is 43.3 Å². The molecular formula is C16H12N2O. The van der Waals surface area contributed by atoms with Crippen molar-refractivity contribution < 1.29 is 4.79 Å². The molecule has 2 aromatic rings. The topological polar surface area (TPSA) is 52.9 Å². The number of amides is 1. The zero-order valence-electron chi connectivity index (χ0n) is 10.5. The fourth-order valence-corrected chi connectivity index (χ4v) is 2.47. The summed E-state index contributed by atoms with van der Waals surface area (Å²) in [5.74, 6) is 0.0367. The summed E-state index contributed by atoms with van der Waals surface area (Å²) in [5.41, 5.74) is 5.66. The number of carbonyl (C=O) groups excluding carboxylic acids is 1. The van der Waals surface area contributed by atoms with E-state index in [4.69, 9.17) is 5.26 Å². The fraction of sp³-hybridized carbons (Fsp3) is 0.125. The summed E-state index contributed by atoms with van der Waals surface area (Å²) < 4.78 is 0. The highest BCUT2D eigenvalue weighted by molar-refractivity contribution is 5.99. The summed E-state index contributed by atoms with van der Waals surface area (Å²) in [7, 11) is 0. The first kappa shape index (κ1) is 11.5. The second kappa shape index (κ2) is 4.25. The molecule has 3 nitrogen and oxygen atoms in total. The third-order valence-corrected chi connectivity index (χ3v) is 3.50. The van der Waals surface area contributed by atoms with Gasteiger partial charge in [0.1, 0.15) is 0 Å². The van der Waals surface area contributed by atoms with Crippen LogP contribution in [0.25, 0.3) is 11.1 Å². The first-order valence-corrected chi connectivity index (χ1v) is 6.12. The number of carbonyl (C=O) groups is 1. The van der Waals surface area contributed by atoms with Gasteiger partial charge >= 0.3 is 0 Å². The van der Waals surface area contributed by atoms with Crippen molar-refractivity contribution >= 4 is 11.6 Å². The van der Waals surface area contributed by atoms with Crippen LogP contribution in [-0.2, 0) is 11.2 Å². The van der Waals surface area contributed by atoms with Gasteiger partial charge in [-0.2, -0.15) is 5.26 Å². The van der Waals surface area contributed by atoms with E-state index in [-0.39, 0.29) is 5.91 Å². The SMILES string of the molecule is Cc1c(C#N)cccc1-c1ccc2c(c1)CC(=O)N2. The Balaban J connectivity index is 2.12. The molecule has 19 heavy (non-hydrogen) atoms. The van der Waals surface area contributed by atoms with Crippen molar-refractivity contribution in [1.29, 1.82) is 5.26 Å². The van der Waals surface area contributed by atoms with Gasteiger partial charge in [-0.05, 0) is 47.4 Å². The number of benzene rings is 2. The molecule has 0 bridgehead atoms. The summed E-state index contributed by atoms with van der Waals surface area (Å²) in [6.07, 6.45) is 0.431. The van der Waals surface area contributed by atoms with Crippen LogP contribution in [0.4, 0.5) is 5.69 Å². The normalized spacial score (nSPS) is 12.7. The van der Waals surface area contributed by atoms with E-state index in [0.717, 1.165) is 27.9 Å². The van der Waals surface area contributed by atoms with Crippen molar-refractivity contribution in [2.24, 2.45) is 0 Å². The summed E-state index contributed by atoms with van der Waals surface area (Å²) >= 11 is 0. The molecule has 2 aromatic carbocycles. The number of nitrogens with zero attached hydrogens (tertiary/aromatic N) is 1. The predicted octanol–water partition coefficient (Wildman–Crippen LogP) is 3.03.